The summed E-state index contributed by atoms with van der Waals surface area (Å²) in [6.45, 7) is -0.709. The Bertz CT molecular complexity index is 1880. The Morgan fingerprint density at radius 3 is 2.43 bits per heavy atom. The van der Waals surface area contributed by atoms with Gasteiger partial charge in [-0.3, -0.25) is 9.69 Å². The minimum Gasteiger partial charge on any atom is -0.491 e. The van der Waals surface area contributed by atoms with Crippen LogP contribution in [0.4, 0.5) is 52.6 Å². The van der Waals surface area contributed by atoms with Gasteiger partial charge in [-0.05, 0) is 60.7 Å². The standard InChI is InChI=1S/C30H24F7N7O4S/c1-42(2)19-6-10-24(47-12-11-29(32,33)34)23(14-19)44-25(45)15-49-28(44)40-27(46)39-22-9-3-17(13-21(22)31)26-38-16-43(41-26)18-4-7-20(8-5-18)48-30(35,36)37/h3-10,13-14,16H,11-12,15H2,1-2H3,(H,39,46). The lowest BCUT2D eigenvalue weighted by molar-refractivity contribution is -0.274. The van der Waals surface area contributed by atoms with E-state index in [9.17, 15) is 35.9 Å². The van der Waals surface area contributed by atoms with Crippen molar-refractivity contribution in [3.05, 3.63) is 72.8 Å². The maximum atomic E-state index is 15.1. The quantitative estimate of drug-likeness (QED) is 0.184. The van der Waals surface area contributed by atoms with Crippen LogP contribution in [-0.4, -0.2) is 70.9 Å². The summed E-state index contributed by atoms with van der Waals surface area (Å²) < 4.78 is 101. The minimum atomic E-state index is -4.85. The zero-order valence-corrected chi connectivity index (χ0v) is 26.2. The Hall–Kier alpha value is -5.33. The summed E-state index contributed by atoms with van der Waals surface area (Å²) in [4.78, 5) is 36.5. The monoisotopic (exact) mass is 711 g/mol. The van der Waals surface area contributed by atoms with Crippen LogP contribution in [0, 0.1) is 5.82 Å². The molecule has 0 unspecified atom stereocenters. The van der Waals surface area contributed by atoms with E-state index < -0.39 is 49.1 Å². The molecule has 0 aliphatic carbocycles. The molecule has 11 nitrogen and oxygen atoms in total. The molecule has 0 saturated carbocycles. The number of alkyl halides is 6. The van der Waals surface area contributed by atoms with Crippen LogP contribution >= 0.6 is 11.8 Å². The van der Waals surface area contributed by atoms with Gasteiger partial charge in [0.05, 0.1) is 35.8 Å². The molecule has 2 heterocycles. The molecule has 3 aromatic carbocycles. The molecule has 0 spiro atoms. The Balaban J connectivity index is 1.31. The Morgan fingerprint density at radius 1 is 1.04 bits per heavy atom. The van der Waals surface area contributed by atoms with Crippen LogP contribution in [0.15, 0.2) is 72.0 Å². The summed E-state index contributed by atoms with van der Waals surface area (Å²) in [5.41, 5.74) is 0.941. The molecule has 49 heavy (non-hydrogen) atoms. The number of rotatable bonds is 9. The average Bonchev–Trinajstić information content (AvgIpc) is 3.64. The summed E-state index contributed by atoms with van der Waals surface area (Å²) in [7, 11) is 3.43. The van der Waals surface area contributed by atoms with Crippen LogP contribution in [0.2, 0.25) is 0 Å². The highest BCUT2D eigenvalue weighted by Gasteiger charge is 2.34. The van der Waals surface area contributed by atoms with E-state index in [0.29, 0.717) is 11.4 Å². The lowest BCUT2D eigenvalue weighted by Gasteiger charge is -2.23. The molecule has 1 N–H and O–H groups in total. The van der Waals surface area contributed by atoms with Crippen molar-refractivity contribution in [2.24, 2.45) is 4.99 Å². The van der Waals surface area contributed by atoms with Crippen molar-refractivity contribution in [1.82, 2.24) is 14.8 Å². The number of nitrogens with zero attached hydrogens (tertiary/aromatic N) is 6. The third kappa shape index (κ3) is 8.98. The molecule has 0 bridgehead atoms. The van der Waals surface area contributed by atoms with E-state index in [0.717, 1.165) is 34.9 Å². The zero-order valence-electron chi connectivity index (χ0n) is 25.3. The number of hydrogen-bond acceptors (Lipinski definition) is 8. The van der Waals surface area contributed by atoms with Gasteiger partial charge in [0.25, 0.3) is 0 Å². The largest absolute Gasteiger partial charge is 0.573 e. The predicted octanol–water partition coefficient (Wildman–Crippen LogP) is 7.04. The number of hydrogen-bond donors (Lipinski definition) is 1. The lowest BCUT2D eigenvalue weighted by Crippen LogP contribution is -2.31. The predicted molar refractivity (Wildman–Crippen MR) is 167 cm³/mol. The molecule has 1 fully saturated rings. The van der Waals surface area contributed by atoms with Crippen LogP contribution < -0.4 is 24.6 Å². The molecule has 19 heteroatoms. The lowest BCUT2D eigenvalue weighted by atomic mass is 10.2. The number of aromatic nitrogens is 3. The molecule has 1 saturated heterocycles. The molecular weight excluding hydrogens is 687 g/mol. The van der Waals surface area contributed by atoms with Crippen molar-refractivity contribution in [3.8, 4) is 28.6 Å². The topological polar surface area (TPSA) is 114 Å². The van der Waals surface area contributed by atoms with Gasteiger partial charge >= 0.3 is 18.6 Å². The van der Waals surface area contributed by atoms with E-state index in [1.807, 2.05) is 0 Å². The highest BCUT2D eigenvalue weighted by molar-refractivity contribution is 8.15. The number of carbonyl (C=O) groups excluding carboxylic acids is 2. The first-order valence-corrected chi connectivity index (χ1v) is 15.0. The number of thioether (sulfide) groups is 1. The number of nitrogens with one attached hydrogen (secondary N) is 1. The first-order chi connectivity index (χ1) is 23.1. The molecule has 0 atom stereocenters. The molecule has 1 aliphatic rings. The maximum Gasteiger partial charge on any atom is 0.573 e. The van der Waals surface area contributed by atoms with E-state index in [2.05, 4.69) is 25.1 Å². The van der Waals surface area contributed by atoms with Crippen LogP contribution in [0.25, 0.3) is 17.1 Å². The smallest absolute Gasteiger partial charge is 0.491 e. The fraction of sp³-hybridized carbons (Fsp3) is 0.233. The van der Waals surface area contributed by atoms with Crippen molar-refractivity contribution in [2.75, 3.05) is 41.6 Å². The number of amides is 3. The van der Waals surface area contributed by atoms with Gasteiger partial charge in [-0.25, -0.2) is 18.9 Å². The molecule has 258 valence electrons. The van der Waals surface area contributed by atoms with E-state index in [4.69, 9.17) is 4.74 Å². The Morgan fingerprint density at radius 2 is 1.78 bits per heavy atom. The number of amidine groups is 1. The van der Waals surface area contributed by atoms with E-state index in [-0.39, 0.29) is 39.4 Å². The molecule has 1 aliphatic heterocycles. The molecule has 0 radical (unpaired) electrons. The number of aliphatic imine (C=N–C) groups is 1. The van der Waals surface area contributed by atoms with Gasteiger partial charge in [-0.1, -0.05) is 11.8 Å². The molecule has 4 aromatic rings. The Labute approximate surface area is 277 Å². The molecule has 1 aromatic heterocycles. The molecule has 5 rings (SSSR count). The second-order valence-corrected chi connectivity index (χ2v) is 11.3. The highest BCUT2D eigenvalue weighted by atomic mass is 32.2. The number of anilines is 3. The van der Waals surface area contributed by atoms with Crippen molar-refractivity contribution in [3.63, 3.8) is 0 Å². The summed E-state index contributed by atoms with van der Waals surface area (Å²) in [5.74, 6) is -1.93. The number of urea groups is 1. The van der Waals surface area contributed by atoms with Gasteiger partial charge in [-0.15, -0.1) is 18.3 Å². The summed E-state index contributed by atoms with van der Waals surface area (Å²) >= 11 is 0.898. The molecular formula is C30H24F7N7O4S. The van der Waals surface area contributed by atoms with Gasteiger partial charge < -0.3 is 19.7 Å². The van der Waals surface area contributed by atoms with Gasteiger partial charge in [0.2, 0.25) is 5.91 Å². The highest BCUT2D eigenvalue weighted by Crippen LogP contribution is 2.38. The fourth-order valence-electron chi connectivity index (χ4n) is 4.35. The van der Waals surface area contributed by atoms with Crippen LogP contribution in [0.3, 0.4) is 0 Å². The minimum absolute atomic E-state index is 0.0380. The SMILES string of the molecule is CN(C)c1ccc(OCCC(F)(F)F)c(N2C(=O)CSC2=NC(=O)Nc2ccc(-c3ncn(-c4ccc(OC(F)(F)F)cc4)n3)cc2F)c1. The number of ether oxygens (including phenoxy) is 2. The van der Waals surface area contributed by atoms with Crippen LogP contribution in [0.1, 0.15) is 6.42 Å². The van der Waals surface area contributed by atoms with Crippen molar-refractivity contribution in [1.29, 1.82) is 0 Å². The van der Waals surface area contributed by atoms with Crippen LogP contribution in [0.5, 0.6) is 11.5 Å². The van der Waals surface area contributed by atoms with E-state index in [1.54, 1.807) is 25.1 Å². The van der Waals surface area contributed by atoms with Crippen molar-refractivity contribution >= 4 is 45.9 Å². The normalized spacial score (nSPS) is 14.3. The first-order valence-electron chi connectivity index (χ1n) is 14.0. The second kappa shape index (κ2) is 14.0. The molecule has 3 amide bonds. The third-order valence-corrected chi connectivity index (χ3v) is 7.52. The third-order valence-electron chi connectivity index (χ3n) is 6.60. The van der Waals surface area contributed by atoms with E-state index >= 15 is 4.39 Å². The van der Waals surface area contributed by atoms with Crippen LogP contribution in [-0.2, 0) is 4.79 Å². The summed E-state index contributed by atoms with van der Waals surface area (Å²) in [6.07, 6.45) is -9.27. The van der Waals surface area contributed by atoms with Crippen molar-refractivity contribution in [2.45, 2.75) is 19.0 Å². The zero-order chi connectivity index (χ0) is 35.5. The average molecular weight is 712 g/mol. The Kier molecular flexibility index (Phi) is 10.0. The number of benzene rings is 3. The number of halogens is 7. The van der Waals surface area contributed by atoms with Gasteiger partial charge in [0.1, 0.15) is 23.6 Å². The summed E-state index contributed by atoms with van der Waals surface area (Å²) in [5, 5.41) is 6.40. The van der Waals surface area contributed by atoms with Gasteiger partial charge in [0, 0.05) is 25.3 Å². The van der Waals surface area contributed by atoms with Gasteiger partial charge in [-0.2, -0.15) is 18.2 Å². The first kappa shape index (κ1) is 35.0. The maximum absolute atomic E-state index is 15.1. The van der Waals surface area contributed by atoms with E-state index in [1.165, 1.54) is 47.4 Å². The number of carbonyl (C=O) groups is 2. The fourth-order valence-corrected chi connectivity index (χ4v) is 5.20. The van der Waals surface area contributed by atoms with Crippen molar-refractivity contribution < 1.29 is 49.8 Å². The second-order valence-electron chi connectivity index (χ2n) is 10.4. The van der Waals surface area contributed by atoms with Gasteiger partial charge in [0.15, 0.2) is 11.0 Å². The summed E-state index contributed by atoms with van der Waals surface area (Å²) in [6, 6.07) is 12.0.